The van der Waals surface area contributed by atoms with Crippen molar-refractivity contribution in [2.24, 2.45) is 5.73 Å². The zero-order valence-electron chi connectivity index (χ0n) is 18.2. The number of aromatic nitrogens is 3. The molecule has 0 spiro atoms. The van der Waals surface area contributed by atoms with Gasteiger partial charge in [0, 0.05) is 40.8 Å². The second kappa shape index (κ2) is 8.78. The third kappa shape index (κ3) is 4.46. The van der Waals surface area contributed by atoms with E-state index in [1.807, 2.05) is 20.8 Å². The number of nitrogens with zero attached hydrogens (tertiary/aromatic N) is 3. The van der Waals surface area contributed by atoms with Crippen LogP contribution in [-0.2, 0) is 4.79 Å². The number of ether oxygens (including phenoxy) is 2. The predicted molar refractivity (Wildman–Crippen MR) is 118 cm³/mol. The van der Waals surface area contributed by atoms with Crippen LogP contribution >= 0.6 is 0 Å². The molecule has 2 amide bonds. The van der Waals surface area contributed by atoms with E-state index >= 15 is 0 Å². The average Bonchev–Trinajstić information content (AvgIpc) is 3.16. The van der Waals surface area contributed by atoms with Gasteiger partial charge in [-0.15, -0.1) is 0 Å². The van der Waals surface area contributed by atoms with E-state index in [1.54, 1.807) is 30.6 Å². The first kappa shape index (κ1) is 21.5. The molecule has 1 saturated heterocycles. The SMILES string of the molecule is Cc1ccnc(-c2cnc(OCC3CCC(=O)N3)c3cc(OC(C)C)c(C(N)=O)cc23)n1. The Morgan fingerprint density at radius 3 is 2.75 bits per heavy atom. The summed E-state index contributed by atoms with van der Waals surface area (Å²) in [5.74, 6) is 0.601. The smallest absolute Gasteiger partial charge is 0.252 e. The van der Waals surface area contributed by atoms with Gasteiger partial charge in [0.25, 0.3) is 5.91 Å². The number of carbonyl (C=O) groups is 2. The highest BCUT2D eigenvalue weighted by Gasteiger charge is 2.23. The van der Waals surface area contributed by atoms with Crippen LogP contribution in [0.15, 0.2) is 30.6 Å². The van der Waals surface area contributed by atoms with Crippen LogP contribution in [0.2, 0.25) is 0 Å². The number of nitrogens with one attached hydrogen (secondary N) is 1. The molecule has 1 fully saturated rings. The molecule has 166 valence electrons. The van der Waals surface area contributed by atoms with Crippen molar-refractivity contribution in [3.05, 3.63) is 41.9 Å². The number of hydrogen-bond donors (Lipinski definition) is 2. The molecule has 4 rings (SSSR count). The highest BCUT2D eigenvalue weighted by atomic mass is 16.5. The molecule has 3 N–H and O–H groups in total. The second-order valence-electron chi connectivity index (χ2n) is 8.04. The van der Waals surface area contributed by atoms with Crippen LogP contribution in [0.5, 0.6) is 11.6 Å². The molecule has 0 bridgehead atoms. The van der Waals surface area contributed by atoms with E-state index in [4.69, 9.17) is 15.2 Å². The first-order chi connectivity index (χ1) is 15.3. The second-order valence-corrected chi connectivity index (χ2v) is 8.04. The van der Waals surface area contributed by atoms with Gasteiger partial charge >= 0.3 is 0 Å². The zero-order valence-corrected chi connectivity index (χ0v) is 18.2. The van der Waals surface area contributed by atoms with Crippen molar-refractivity contribution in [1.29, 1.82) is 0 Å². The van der Waals surface area contributed by atoms with E-state index < -0.39 is 5.91 Å². The Hall–Kier alpha value is -3.75. The summed E-state index contributed by atoms with van der Waals surface area (Å²) in [6.07, 6.45) is 4.31. The van der Waals surface area contributed by atoms with Gasteiger partial charge in [-0.3, -0.25) is 9.59 Å². The van der Waals surface area contributed by atoms with Gasteiger partial charge in [-0.2, -0.15) is 0 Å². The first-order valence-electron chi connectivity index (χ1n) is 10.5. The third-order valence-corrected chi connectivity index (χ3v) is 5.12. The lowest BCUT2D eigenvalue weighted by molar-refractivity contribution is -0.119. The van der Waals surface area contributed by atoms with E-state index in [0.29, 0.717) is 46.6 Å². The molecule has 1 aromatic carbocycles. The average molecular weight is 435 g/mol. The van der Waals surface area contributed by atoms with E-state index in [-0.39, 0.29) is 30.2 Å². The van der Waals surface area contributed by atoms with Gasteiger partial charge in [-0.25, -0.2) is 15.0 Å². The summed E-state index contributed by atoms with van der Waals surface area (Å²) < 4.78 is 11.8. The fourth-order valence-electron chi connectivity index (χ4n) is 3.64. The first-order valence-corrected chi connectivity index (χ1v) is 10.5. The zero-order chi connectivity index (χ0) is 22.8. The Morgan fingerprint density at radius 1 is 1.28 bits per heavy atom. The molecule has 0 radical (unpaired) electrons. The summed E-state index contributed by atoms with van der Waals surface area (Å²) in [4.78, 5) is 37.1. The summed E-state index contributed by atoms with van der Waals surface area (Å²) in [7, 11) is 0. The third-order valence-electron chi connectivity index (χ3n) is 5.12. The van der Waals surface area contributed by atoms with E-state index in [1.165, 1.54) is 0 Å². The van der Waals surface area contributed by atoms with Crippen LogP contribution in [0.1, 0.15) is 42.7 Å². The highest BCUT2D eigenvalue weighted by Crippen LogP contribution is 2.36. The summed E-state index contributed by atoms with van der Waals surface area (Å²) in [6.45, 7) is 5.89. The van der Waals surface area contributed by atoms with Gasteiger partial charge in [0.05, 0.1) is 17.7 Å². The molecule has 9 heteroatoms. The minimum atomic E-state index is -0.605. The molecule has 0 saturated carbocycles. The topological polar surface area (TPSA) is 129 Å². The van der Waals surface area contributed by atoms with Gasteiger partial charge in [0.15, 0.2) is 5.82 Å². The van der Waals surface area contributed by atoms with Crippen molar-refractivity contribution in [3.63, 3.8) is 0 Å². The minimum Gasteiger partial charge on any atom is -0.490 e. The Kier molecular flexibility index (Phi) is 5.89. The molecule has 1 atom stereocenters. The fraction of sp³-hybridized carbons (Fsp3) is 0.348. The summed E-state index contributed by atoms with van der Waals surface area (Å²) in [5, 5.41) is 4.18. The summed E-state index contributed by atoms with van der Waals surface area (Å²) in [6, 6.07) is 5.11. The molecular formula is C23H25N5O4. The Morgan fingerprint density at radius 2 is 2.09 bits per heavy atom. The van der Waals surface area contributed by atoms with Crippen molar-refractivity contribution in [3.8, 4) is 23.0 Å². The van der Waals surface area contributed by atoms with Crippen LogP contribution in [0.3, 0.4) is 0 Å². The Labute approximate surface area is 185 Å². The molecule has 1 aliphatic heterocycles. The number of carbonyl (C=O) groups excluding carboxylic acids is 2. The van der Waals surface area contributed by atoms with Gasteiger partial charge in [-0.1, -0.05) is 0 Å². The molecule has 1 unspecified atom stereocenters. The lowest BCUT2D eigenvalue weighted by atomic mass is 10.0. The normalized spacial score (nSPS) is 15.8. The van der Waals surface area contributed by atoms with Gasteiger partial charge < -0.3 is 20.5 Å². The minimum absolute atomic E-state index is 0.0158. The number of aryl methyl sites for hydroxylation is 1. The molecule has 2 aromatic heterocycles. The number of benzene rings is 1. The molecule has 32 heavy (non-hydrogen) atoms. The fourth-order valence-corrected chi connectivity index (χ4v) is 3.64. The lowest BCUT2D eigenvalue weighted by Gasteiger charge is -2.18. The lowest BCUT2D eigenvalue weighted by Crippen LogP contribution is -2.31. The maximum absolute atomic E-state index is 12.2. The van der Waals surface area contributed by atoms with Crippen molar-refractivity contribution < 1.29 is 19.1 Å². The predicted octanol–water partition coefficient (Wildman–Crippen LogP) is 2.54. The van der Waals surface area contributed by atoms with E-state index in [9.17, 15) is 9.59 Å². The number of hydrogen-bond acceptors (Lipinski definition) is 7. The van der Waals surface area contributed by atoms with Crippen LogP contribution in [0.4, 0.5) is 0 Å². The summed E-state index contributed by atoms with van der Waals surface area (Å²) >= 11 is 0. The Balaban J connectivity index is 1.85. The molecule has 3 aromatic rings. The van der Waals surface area contributed by atoms with Crippen molar-refractivity contribution in [2.75, 3.05) is 6.61 Å². The number of nitrogens with two attached hydrogens (primary N) is 1. The van der Waals surface area contributed by atoms with E-state index in [2.05, 4.69) is 20.3 Å². The van der Waals surface area contributed by atoms with Gasteiger partial charge in [-0.05, 0) is 45.4 Å². The van der Waals surface area contributed by atoms with Gasteiger partial charge in [0.2, 0.25) is 11.8 Å². The number of rotatable bonds is 7. The van der Waals surface area contributed by atoms with E-state index in [0.717, 1.165) is 5.69 Å². The monoisotopic (exact) mass is 435 g/mol. The van der Waals surface area contributed by atoms with Crippen LogP contribution in [0.25, 0.3) is 22.2 Å². The largest absolute Gasteiger partial charge is 0.490 e. The van der Waals surface area contributed by atoms with Crippen molar-refractivity contribution >= 4 is 22.6 Å². The molecule has 3 heterocycles. The van der Waals surface area contributed by atoms with Gasteiger partial charge in [0.1, 0.15) is 12.4 Å². The van der Waals surface area contributed by atoms with Crippen LogP contribution < -0.4 is 20.5 Å². The van der Waals surface area contributed by atoms with Crippen molar-refractivity contribution in [1.82, 2.24) is 20.3 Å². The van der Waals surface area contributed by atoms with Crippen molar-refractivity contribution in [2.45, 2.75) is 45.8 Å². The number of amides is 2. The standard InChI is InChI=1S/C23H25N5O4/c1-12(2)32-19-9-16-15(8-17(19)21(24)30)18(22-25-7-6-13(3)27-22)10-26-23(16)31-11-14-4-5-20(29)28-14/h6-10,12,14H,4-5,11H2,1-3H3,(H2,24,30)(H,28,29). The number of fused-ring (bicyclic) bond motifs is 1. The maximum Gasteiger partial charge on any atom is 0.252 e. The molecule has 9 nitrogen and oxygen atoms in total. The van der Waals surface area contributed by atoms with Crippen LogP contribution in [0, 0.1) is 6.92 Å². The Bertz CT molecular complexity index is 1190. The number of pyridine rings is 1. The maximum atomic E-state index is 12.2. The number of primary amides is 1. The van der Waals surface area contributed by atoms with Crippen LogP contribution in [-0.4, -0.2) is 45.5 Å². The quantitative estimate of drug-likeness (QED) is 0.583. The molecule has 1 aliphatic rings. The summed E-state index contributed by atoms with van der Waals surface area (Å²) in [5.41, 5.74) is 7.34. The highest BCUT2D eigenvalue weighted by molar-refractivity contribution is 6.05. The molecule has 0 aliphatic carbocycles. The molecular weight excluding hydrogens is 410 g/mol.